The Balaban J connectivity index is 1.73. The highest BCUT2D eigenvalue weighted by Gasteiger charge is 2.33. The van der Waals surface area contributed by atoms with Gasteiger partial charge in [0.25, 0.3) is 11.8 Å². The molecule has 3 heterocycles. The van der Waals surface area contributed by atoms with Crippen molar-refractivity contribution < 1.29 is 18.4 Å². The number of allylic oxidation sites excluding steroid dienone is 5. The van der Waals surface area contributed by atoms with E-state index in [9.17, 15) is 18.4 Å². The third-order valence-electron chi connectivity index (χ3n) is 6.03. The molecule has 1 fully saturated rings. The number of carbonyl (C=O) groups excluding carboxylic acids is 2. The van der Waals surface area contributed by atoms with Crippen molar-refractivity contribution in [2.75, 3.05) is 39.8 Å². The Hall–Kier alpha value is -3.20. The highest BCUT2D eigenvalue weighted by atomic mass is 35.5. The molecule has 4 rings (SSSR count). The normalized spacial score (nSPS) is 25.9. The smallest absolute Gasteiger partial charge is 0.274 e. The summed E-state index contributed by atoms with van der Waals surface area (Å²) in [5, 5.41) is 9.66. The molecule has 0 bridgehead atoms. The zero-order chi connectivity index (χ0) is 25.2. The van der Waals surface area contributed by atoms with Crippen LogP contribution in [0.1, 0.15) is 13.3 Å². The molecule has 35 heavy (non-hydrogen) atoms. The third-order valence-corrected chi connectivity index (χ3v) is 6.31. The van der Waals surface area contributed by atoms with Crippen LogP contribution in [0.2, 0.25) is 0 Å². The van der Waals surface area contributed by atoms with E-state index in [1.165, 1.54) is 11.0 Å². The van der Waals surface area contributed by atoms with Gasteiger partial charge in [-0.2, -0.15) is 5.10 Å². The molecule has 0 aromatic rings. The van der Waals surface area contributed by atoms with Crippen molar-refractivity contribution in [3.05, 3.63) is 70.5 Å². The number of hydrazone groups is 1. The first-order chi connectivity index (χ1) is 16.6. The van der Waals surface area contributed by atoms with Crippen molar-refractivity contribution in [1.82, 2.24) is 20.1 Å². The number of likely N-dealkylation sites (N-methyl/N-ethyl adjacent to an activating group) is 1. The van der Waals surface area contributed by atoms with Crippen LogP contribution in [-0.4, -0.2) is 84.1 Å². The first-order valence-electron chi connectivity index (χ1n) is 11.4. The van der Waals surface area contributed by atoms with E-state index in [4.69, 9.17) is 11.6 Å². The van der Waals surface area contributed by atoms with Gasteiger partial charge in [-0.3, -0.25) is 14.6 Å². The zero-order valence-electron chi connectivity index (χ0n) is 19.7. The van der Waals surface area contributed by atoms with E-state index in [1.807, 2.05) is 30.4 Å². The van der Waals surface area contributed by atoms with Crippen molar-refractivity contribution >= 4 is 29.1 Å². The van der Waals surface area contributed by atoms with Crippen LogP contribution in [0.3, 0.4) is 0 Å². The van der Waals surface area contributed by atoms with E-state index in [0.717, 1.165) is 6.92 Å². The first kappa shape index (κ1) is 24.9. The Morgan fingerprint density at radius 1 is 1.23 bits per heavy atom. The number of nitrogens with zero attached hydrogens (tertiary/aromatic N) is 4. The van der Waals surface area contributed by atoms with Crippen LogP contribution in [0.15, 0.2) is 75.6 Å². The van der Waals surface area contributed by atoms with Crippen LogP contribution >= 0.6 is 11.6 Å². The average molecular weight is 504 g/mol. The number of piperazine rings is 1. The van der Waals surface area contributed by atoms with E-state index in [-0.39, 0.29) is 48.8 Å². The van der Waals surface area contributed by atoms with Crippen molar-refractivity contribution in [2.45, 2.75) is 25.3 Å². The molecule has 1 saturated heterocycles. The van der Waals surface area contributed by atoms with E-state index in [0.29, 0.717) is 35.7 Å². The standard InChI is InChI=1S/C25H28ClF2N5O2/c1-25(27,28)19-10-17(13-31(2)15-19)18-11-22(24(35)32-9-8-29-23(34)16-32)30-33(14-18)21-7-5-3-4-6-20(26)12-21/h3-5,7,10-13,21H,6,8-9,14-16H2,1-2H3,(H,29,34)/b4-3-,7-5?,20-12+. The van der Waals surface area contributed by atoms with Gasteiger partial charge in [-0.15, -0.1) is 0 Å². The summed E-state index contributed by atoms with van der Waals surface area (Å²) >= 11 is 6.37. The van der Waals surface area contributed by atoms with E-state index in [1.54, 1.807) is 29.2 Å². The lowest BCUT2D eigenvalue weighted by Crippen LogP contribution is -2.52. The minimum absolute atomic E-state index is 0.00744. The third kappa shape index (κ3) is 6.08. The van der Waals surface area contributed by atoms with E-state index < -0.39 is 5.92 Å². The maximum atomic E-state index is 14.2. The molecule has 0 aromatic carbocycles. The van der Waals surface area contributed by atoms with Crippen LogP contribution in [-0.2, 0) is 9.59 Å². The average Bonchev–Trinajstić information content (AvgIpc) is 2.79. The predicted molar refractivity (Wildman–Crippen MR) is 132 cm³/mol. The molecule has 186 valence electrons. The summed E-state index contributed by atoms with van der Waals surface area (Å²) in [6.45, 7) is 1.96. The lowest BCUT2D eigenvalue weighted by atomic mass is 9.95. The topological polar surface area (TPSA) is 68.2 Å². The molecule has 2 amide bonds. The molecule has 0 aromatic heterocycles. The number of halogens is 3. The predicted octanol–water partition coefficient (Wildman–Crippen LogP) is 2.96. The Labute approximate surface area is 208 Å². The molecule has 0 saturated carbocycles. The molecule has 3 aliphatic heterocycles. The van der Waals surface area contributed by atoms with Gasteiger partial charge in [0.1, 0.15) is 5.71 Å². The number of hydrogen-bond donors (Lipinski definition) is 1. The van der Waals surface area contributed by atoms with Crippen LogP contribution in [0.4, 0.5) is 8.78 Å². The molecule has 1 aliphatic carbocycles. The number of nitrogens with one attached hydrogen (secondary N) is 1. The summed E-state index contributed by atoms with van der Waals surface area (Å²) in [6.07, 6.45) is 15.0. The number of alkyl halides is 2. The van der Waals surface area contributed by atoms with Crippen LogP contribution in [0, 0.1) is 0 Å². The largest absolute Gasteiger partial charge is 0.376 e. The maximum Gasteiger partial charge on any atom is 0.274 e. The molecule has 0 radical (unpaired) electrons. The Morgan fingerprint density at radius 2 is 2.03 bits per heavy atom. The molecular weight excluding hydrogens is 476 g/mol. The Bertz CT molecular complexity index is 1110. The number of hydrogen-bond acceptors (Lipinski definition) is 5. The first-order valence-corrected chi connectivity index (χ1v) is 11.8. The lowest BCUT2D eigenvalue weighted by molar-refractivity contribution is -0.133. The molecule has 10 heteroatoms. The second-order valence-electron chi connectivity index (χ2n) is 9.01. The highest BCUT2D eigenvalue weighted by molar-refractivity contribution is 6.43. The second kappa shape index (κ2) is 10.2. The maximum absolute atomic E-state index is 14.2. The summed E-state index contributed by atoms with van der Waals surface area (Å²) in [7, 11) is 1.73. The Kier molecular flexibility index (Phi) is 7.25. The van der Waals surface area contributed by atoms with Gasteiger partial charge in [0.2, 0.25) is 5.91 Å². The minimum Gasteiger partial charge on any atom is -0.376 e. The summed E-state index contributed by atoms with van der Waals surface area (Å²) < 4.78 is 28.4. The fourth-order valence-corrected chi connectivity index (χ4v) is 4.43. The molecule has 1 N–H and O–H groups in total. The van der Waals surface area contributed by atoms with Gasteiger partial charge >= 0.3 is 0 Å². The van der Waals surface area contributed by atoms with Crippen molar-refractivity contribution in [3.8, 4) is 0 Å². The number of carbonyl (C=O) groups is 2. The lowest BCUT2D eigenvalue weighted by Gasteiger charge is -2.34. The molecule has 1 unspecified atom stereocenters. The molecule has 4 aliphatic rings. The van der Waals surface area contributed by atoms with E-state index in [2.05, 4.69) is 10.4 Å². The summed E-state index contributed by atoms with van der Waals surface area (Å²) in [6, 6.07) is -0.346. The van der Waals surface area contributed by atoms with Crippen molar-refractivity contribution in [3.63, 3.8) is 0 Å². The fraction of sp³-hybridized carbons (Fsp3) is 0.400. The van der Waals surface area contributed by atoms with E-state index >= 15 is 0 Å². The minimum atomic E-state index is -2.97. The second-order valence-corrected chi connectivity index (χ2v) is 9.49. The monoisotopic (exact) mass is 503 g/mol. The van der Waals surface area contributed by atoms with Crippen molar-refractivity contribution in [1.29, 1.82) is 0 Å². The molecule has 1 atom stereocenters. The highest BCUT2D eigenvalue weighted by Crippen LogP contribution is 2.32. The van der Waals surface area contributed by atoms with Gasteiger partial charge in [0, 0.05) is 56.8 Å². The van der Waals surface area contributed by atoms with Gasteiger partial charge in [-0.05, 0) is 29.4 Å². The van der Waals surface area contributed by atoms with Gasteiger partial charge in [-0.25, -0.2) is 8.78 Å². The van der Waals surface area contributed by atoms with Gasteiger partial charge in [0.15, 0.2) is 0 Å². The number of rotatable bonds is 4. The number of amides is 2. The summed E-state index contributed by atoms with van der Waals surface area (Å²) in [5.41, 5.74) is 1.39. The summed E-state index contributed by atoms with van der Waals surface area (Å²) in [5.74, 6) is -3.59. The Morgan fingerprint density at radius 3 is 2.77 bits per heavy atom. The fourth-order valence-electron chi connectivity index (χ4n) is 4.21. The summed E-state index contributed by atoms with van der Waals surface area (Å²) in [4.78, 5) is 28.3. The molecule has 7 nitrogen and oxygen atoms in total. The molecular formula is C25H28ClF2N5O2. The van der Waals surface area contributed by atoms with Crippen molar-refractivity contribution in [2.24, 2.45) is 5.10 Å². The van der Waals surface area contributed by atoms with Crippen LogP contribution in [0.25, 0.3) is 0 Å². The van der Waals surface area contributed by atoms with Crippen LogP contribution in [0.5, 0.6) is 0 Å². The SMILES string of the molecule is CN1C=C(C2=CC(C(=O)N3CCNC(=O)C3)=NN(C3C=C/C=C\C/C(Cl)=C\3)C2)C=C(C(C)(F)F)C1. The molecule has 0 spiro atoms. The van der Waals surface area contributed by atoms with Gasteiger partial charge in [-0.1, -0.05) is 35.9 Å². The van der Waals surface area contributed by atoms with Crippen LogP contribution < -0.4 is 5.32 Å². The van der Waals surface area contributed by atoms with Gasteiger partial charge < -0.3 is 15.1 Å². The van der Waals surface area contributed by atoms with Gasteiger partial charge in [0.05, 0.1) is 19.1 Å². The quantitative estimate of drug-likeness (QED) is 0.640. The zero-order valence-corrected chi connectivity index (χ0v) is 20.4.